The molecular weight excluding hydrogens is 342 g/mol. The van der Waals surface area contributed by atoms with Crippen molar-refractivity contribution in [3.05, 3.63) is 58.1 Å². The minimum atomic E-state index is 0.356. The van der Waals surface area contributed by atoms with Crippen molar-refractivity contribution < 1.29 is 0 Å². The quantitative estimate of drug-likeness (QED) is 0.678. The lowest BCUT2D eigenvalue weighted by Gasteiger charge is -2.18. The molecule has 0 bridgehead atoms. The third kappa shape index (κ3) is 4.60. The van der Waals surface area contributed by atoms with Crippen LogP contribution in [0.4, 0.5) is 0 Å². The minimum absolute atomic E-state index is 0.356. The molecule has 3 heteroatoms. The van der Waals surface area contributed by atoms with Crippen molar-refractivity contribution in [3.8, 4) is 0 Å². The summed E-state index contributed by atoms with van der Waals surface area (Å²) in [5.41, 5.74) is 2.68. The van der Waals surface area contributed by atoms with E-state index in [-0.39, 0.29) is 0 Å². The zero-order chi connectivity index (χ0) is 15.2. The molecule has 0 saturated heterocycles. The maximum Gasteiger partial charge on any atom is 0.0303 e. The van der Waals surface area contributed by atoms with Crippen LogP contribution in [0.1, 0.15) is 37.4 Å². The summed E-state index contributed by atoms with van der Waals surface area (Å²) in [7, 11) is 0. The van der Waals surface area contributed by atoms with Gasteiger partial charge in [-0.25, -0.2) is 0 Å². The SMILES string of the molecule is CCCNC(C)c1cc(Br)ccc1Sc1ccccc1C. The van der Waals surface area contributed by atoms with Gasteiger partial charge in [-0.1, -0.05) is 52.8 Å². The van der Waals surface area contributed by atoms with E-state index in [2.05, 4.69) is 84.5 Å². The first-order chi connectivity index (χ1) is 10.1. The second kappa shape index (κ2) is 8.02. The molecule has 1 nitrogen and oxygen atoms in total. The fourth-order valence-corrected chi connectivity index (χ4v) is 3.69. The van der Waals surface area contributed by atoms with Gasteiger partial charge in [0.25, 0.3) is 0 Å². The summed E-state index contributed by atoms with van der Waals surface area (Å²) in [5.74, 6) is 0. The van der Waals surface area contributed by atoms with Crippen LogP contribution in [0.15, 0.2) is 56.7 Å². The zero-order valence-electron chi connectivity index (χ0n) is 12.8. The normalized spacial score (nSPS) is 12.4. The lowest BCUT2D eigenvalue weighted by Crippen LogP contribution is -2.19. The molecule has 0 aliphatic rings. The second-order valence-electron chi connectivity index (χ2n) is 5.23. The van der Waals surface area contributed by atoms with Gasteiger partial charge < -0.3 is 5.32 Å². The van der Waals surface area contributed by atoms with Crippen LogP contribution >= 0.6 is 27.7 Å². The molecule has 1 unspecified atom stereocenters. The van der Waals surface area contributed by atoms with Gasteiger partial charge in [-0.15, -0.1) is 0 Å². The fourth-order valence-electron chi connectivity index (χ4n) is 2.21. The number of hydrogen-bond acceptors (Lipinski definition) is 2. The van der Waals surface area contributed by atoms with Gasteiger partial charge in [-0.2, -0.15) is 0 Å². The molecule has 1 N–H and O–H groups in total. The first-order valence-electron chi connectivity index (χ1n) is 7.38. The predicted octanol–water partition coefficient (Wildman–Crippen LogP) is 5.97. The Morgan fingerprint density at radius 2 is 1.90 bits per heavy atom. The Bertz CT molecular complexity index is 598. The number of halogens is 1. The first-order valence-corrected chi connectivity index (χ1v) is 8.99. The van der Waals surface area contributed by atoms with E-state index < -0.39 is 0 Å². The standard InChI is InChI=1S/C18H22BrNS/c1-4-11-20-14(3)16-12-15(19)9-10-18(16)21-17-8-6-5-7-13(17)2/h5-10,12,14,20H,4,11H2,1-3H3. The Hall–Kier alpha value is -0.770. The van der Waals surface area contributed by atoms with E-state index in [1.165, 1.54) is 20.9 Å². The number of rotatable bonds is 6. The van der Waals surface area contributed by atoms with Gasteiger partial charge in [-0.3, -0.25) is 0 Å². The third-order valence-corrected chi connectivity index (χ3v) is 5.22. The third-order valence-electron chi connectivity index (χ3n) is 3.45. The van der Waals surface area contributed by atoms with Gasteiger partial charge >= 0.3 is 0 Å². The average molecular weight is 364 g/mol. The van der Waals surface area contributed by atoms with Crippen LogP contribution in [0.5, 0.6) is 0 Å². The molecule has 2 rings (SSSR count). The summed E-state index contributed by atoms with van der Waals surface area (Å²) in [4.78, 5) is 2.65. The molecule has 0 heterocycles. The van der Waals surface area contributed by atoms with Crippen molar-refractivity contribution in [3.63, 3.8) is 0 Å². The van der Waals surface area contributed by atoms with Crippen molar-refractivity contribution in [2.45, 2.75) is 43.0 Å². The minimum Gasteiger partial charge on any atom is -0.310 e. The number of hydrogen-bond donors (Lipinski definition) is 1. The number of aryl methyl sites for hydroxylation is 1. The maximum absolute atomic E-state index is 3.60. The van der Waals surface area contributed by atoms with Gasteiger partial charge in [0, 0.05) is 20.3 Å². The summed E-state index contributed by atoms with van der Waals surface area (Å²) >= 11 is 5.45. The maximum atomic E-state index is 3.60. The monoisotopic (exact) mass is 363 g/mol. The Morgan fingerprint density at radius 1 is 1.14 bits per heavy atom. The Labute approximate surface area is 140 Å². The topological polar surface area (TPSA) is 12.0 Å². The van der Waals surface area contributed by atoms with E-state index in [1.54, 1.807) is 0 Å². The molecule has 0 fully saturated rings. The van der Waals surface area contributed by atoms with E-state index >= 15 is 0 Å². The second-order valence-corrected chi connectivity index (χ2v) is 7.22. The van der Waals surface area contributed by atoms with Crippen LogP contribution in [-0.4, -0.2) is 6.54 Å². The number of nitrogens with one attached hydrogen (secondary N) is 1. The highest BCUT2D eigenvalue weighted by atomic mass is 79.9. The molecule has 2 aromatic rings. The zero-order valence-corrected chi connectivity index (χ0v) is 15.2. The molecule has 0 aliphatic heterocycles. The molecule has 2 aromatic carbocycles. The predicted molar refractivity (Wildman–Crippen MR) is 96.2 cm³/mol. The lowest BCUT2D eigenvalue weighted by molar-refractivity contribution is 0.563. The molecule has 112 valence electrons. The molecule has 0 radical (unpaired) electrons. The van der Waals surface area contributed by atoms with Crippen LogP contribution in [0.3, 0.4) is 0 Å². The highest BCUT2D eigenvalue weighted by Crippen LogP contribution is 2.36. The van der Waals surface area contributed by atoms with Crippen molar-refractivity contribution in [2.75, 3.05) is 6.54 Å². The molecule has 0 saturated carbocycles. The van der Waals surface area contributed by atoms with Crippen LogP contribution < -0.4 is 5.32 Å². The molecule has 0 spiro atoms. The highest BCUT2D eigenvalue weighted by Gasteiger charge is 2.12. The van der Waals surface area contributed by atoms with Crippen molar-refractivity contribution >= 4 is 27.7 Å². The first kappa shape index (κ1) is 16.6. The largest absolute Gasteiger partial charge is 0.310 e. The summed E-state index contributed by atoms with van der Waals surface area (Å²) in [6.07, 6.45) is 1.15. The molecule has 0 aromatic heterocycles. The molecule has 0 amide bonds. The Kier molecular flexibility index (Phi) is 6.34. The lowest BCUT2D eigenvalue weighted by atomic mass is 10.1. The van der Waals surface area contributed by atoms with E-state index in [4.69, 9.17) is 0 Å². The summed E-state index contributed by atoms with van der Waals surface area (Å²) in [6.45, 7) is 7.64. The van der Waals surface area contributed by atoms with Gasteiger partial charge in [0.1, 0.15) is 0 Å². The van der Waals surface area contributed by atoms with Gasteiger partial charge in [0.15, 0.2) is 0 Å². The Balaban J connectivity index is 2.28. The number of benzene rings is 2. The molecule has 21 heavy (non-hydrogen) atoms. The van der Waals surface area contributed by atoms with Crippen molar-refractivity contribution in [1.82, 2.24) is 5.32 Å². The van der Waals surface area contributed by atoms with Gasteiger partial charge in [0.05, 0.1) is 0 Å². The summed E-state index contributed by atoms with van der Waals surface area (Å²) in [5, 5.41) is 3.58. The summed E-state index contributed by atoms with van der Waals surface area (Å²) in [6, 6.07) is 15.5. The van der Waals surface area contributed by atoms with Gasteiger partial charge in [0.2, 0.25) is 0 Å². The van der Waals surface area contributed by atoms with Crippen molar-refractivity contribution in [2.24, 2.45) is 0 Å². The van der Waals surface area contributed by atoms with Crippen LogP contribution in [0.25, 0.3) is 0 Å². The van der Waals surface area contributed by atoms with E-state index in [0.717, 1.165) is 17.4 Å². The van der Waals surface area contributed by atoms with Crippen LogP contribution in [0.2, 0.25) is 0 Å². The van der Waals surface area contributed by atoms with Crippen LogP contribution in [0, 0.1) is 6.92 Å². The van der Waals surface area contributed by atoms with Crippen LogP contribution in [-0.2, 0) is 0 Å². The van der Waals surface area contributed by atoms with Gasteiger partial charge in [-0.05, 0) is 62.2 Å². The Morgan fingerprint density at radius 3 is 2.62 bits per heavy atom. The molecular formula is C18H22BrNS. The summed E-state index contributed by atoms with van der Waals surface area (Å²) < 4.78 is 1.14. The fraction of sp³-hybridized carbons (Fsp3) is 0.333. The van der Waals surface area contributed by atoms with E-state index in [9.17, 15) is 0 Å². The van der Waals surface area contributed by atoms with E-state index in [0.29, 0.717) is 6.04 Å². The van der Waals surface area contributed by atoms with Crippen molar-refractivity contribution in [1.29, 1.82) is 0 Å². The molecule has 1 atom stereocenters. The average Bonchev–Trinajstić information content (AvgIpc) is 2.48. The molecule has 0 aliphatic carbocycles. The van der Waals surface area contributed by atoms with E-state index in [1.807, 2.05) is 11.8 Å². The highest BCUT2D eigenvalue weighted by molar-refractivity contribution is 9.10. The smallest absolute Gasteiger partial charge is 0.0303 e.